The summed E-state index contributed by atoms with van der Waals surface area (Å²) in [5.74, 6) is -0.284. The van der Waals surface area contributed by atoms with Crippen molar-refractivity contribution in [2.75, 3.05) is 0 Å². The molecule has 0 aromatic heterocycles. The lowest BCUT2D eigenvalue weighted by Gasteiger charge is -2.28. The average Bonchev–Trinajstić information content (AvgIpc) is 2.75. The third-order valence-electron chi connectivity index (χ3n) is 3.83. The van der Waals surface area contributed by atoms with Crippen LogP contribution >= 0.6 is 0 Å². The number of hydrogen-bond acceptors (Lipinski definition) is 2. The first-order valence-electron chi connectivity index (χ1n) is 6.72. The monoisotopic (exact) mass is 264 g/mol. The van der Waals surface area contributed by atoms with E-state index in [1.165, 1.54) is 12.1 Å². The second-order valence-electron chi connectivity index (χ2n) is 5.89. The maximum absolute atomic E-state index is 13.3. The summed E-state index contributed by atoms with van der Waals surface area (Å²) < 4.78 is 13.3. The lowest BCUT2D eigenvalue weighted by atomic mass is 9.93. The van der Waals surface area contributed by atoms with Crippen LogP contribution in [0.5, 0.6) is 0 Å². The largest absolute Gasteiger partial charge is 0.347 e. The van der Waals surface area contributed by atoms with Crippen molar-refractivity contribution in [2.45, 2.75) is 44.7 Å². The minimum atomic E-state index is -0.578. The standard InChI is InChI=1S/C15H21FN2O/c1-15(2,11-4-3-5-12(16)9-11)18-14(19)10-6-7-13(17)8-10/h3-5,9-10,13H,6-8,17H2,1-2H3,(H,18,19). The van der Waals surface area contributed by atoms with Crippen molar-refractivity contribution < 1.29 is 9.18 Å². The summed E-state index contributed by atoms with van der Waals surface area (Å²) in [7, 11) is 0. The van der Waals surface area contributed by atoms with Gasteiger partial charge in [-0.2, -0.15) is 0 Å². The van der Waals surface area contributed by atoms with Crippen LogP contribution in [0.4, 0.5) is 4.39 Å². The number of carbonyl (C=O) groups excluding carboxylic acids is 1. The number of rotatable bonds is 3. The molecule has 1 aromatic rings. The Morgan fingerprint density at radius 3 is 2.74 bits per heavy atom. The summed E-state index contributed by atoms with van der Waals surface area (Å²) in [5, 5.41) is 3.00. The van der Waals surface area contributed by atoms with Crippen molar-refractivity contribution in [3.8, 4) is 0 Å². The maximum atomic E-state index is 13.3. The van der Waals surface area contributed by atoms with Crippen molar-refractivity contribution in [3.63, 3.8) is 0 Å². The molecule has 2 rings (SSSR count). The first-order chi connectivity index (χ1) is 8.88. The van der Waals surface area contributed by atoms with E-state index in [1.54, 1.807) is 6.07 Å². The summed E-state index contributed by atoms with van der Waals surface area (Å²) in [4.78, 5) is 12.2. The molecule has 0 saturated heterocycles. The van der Waals surface area contributed by atoms with Gasteiger partial charge in [0.1, 0.15) is 5.82 Å². The number of amides is 1. The molecule has 0 spiro atoms. The molecular weight excluding hydrogens is 243 g/mol. The Morgan fingerprint density at radius 2 is 2.16 bits per heavy atom. The van der Waals surface area contributed by atoms with E-state index in [0.717, 1.165) is 24.8 Å². The minimum absolute atomic E-state index is 0.0113. The highest BCUT2D eigenvalue weighted by molar-refractivity contribution is 5.80. The second-order valence-corrected chi connectivity index (χ2v) is 5.89. The molecule has 1 aromatic carbocycles. The van der Waals surface area contributed by atoms with Gasteiger partial charge in [0.05, 0.1) is 5.54 Å². The van der Waals surface area contributed by atoms with Gasteiger partial charge in [-0.05, 0) is 50.8 Å². The topological polar surface area (TPSA) is 55.1 Å². The van der Waals surface area contributed by atoms with Crippen molar-refractivity contribution >= 4 is 5.91 Å². The van der Waals surface area contributed by atoms with Crippen LogP contribution in [-0.4, -0.2) is 11.9 Å². The van der Waals surface area contributed by atoms with Crippen LogP contribution in [0.15, 0.2) is 24.3 Å². The highest BCUT2D eigenvalue weighted by Gasteiger charge is 2.31. The highest BCUT2D eigenvalue weighted by atomic mass is 19.1. The Morgan fingerprint density at radius 1 is 1.42 bits per heavy atom. The zero-order valence-electron chi connectivity index (χ0n) is 11.4. The fourth-order valence-electron chi connectivity index (χ4n) is 2.61. The van der Waals surface area contributed by atoms with Gasteiger partial charge in [0.15, 0.2) is 0 Å². The molecule has 4 heteroatoms. The van der Waals surface area contributed by atoms with Crippen LogP contribution in [0.3, 0.4) is 0 Å². The Labute approximate surface area is 113 Å². The molecule has 0 bridgehead atoms. The smallest absolute Gasteiger partial charge is 0.223 e. The van der Waals surface area contributed by atoms with Crippen molar-refractivity contribution in [2.24, 2.45) is 11.7 Å². The molecule has 1 saturated carbocycles. The van der Waals surface area contributed by atoms with E-state index in [1.807, 2.05) is 19.9 Å². The van der Waals surface area contributed by atoms with Gasteiger partial charge in [-0.3, -0.25) is 4.79 Å². The number of hydrogen-bond donors (Lipinski definition) is 2. The first kappa shape index (κ1) is 14.0. The van der Waals surface area contributed by atoms with Crippen LogP contribution in [-0.2, 0) is 10.3 Å². The molecule has 1 fully saturated rings. The van der Waals surface area contributed by atoms with Gasteiger partial charge in [0.25, 0.3) is 0 Å². The zero-order chi connectivity index (χ0) is 14.0. The second kappa shape index (κ2) is 5.29. The fourth-order valence-corrected chi connectivity index (χ4v) is 2.61. The van der Waals surface area contributed by atoms with Crippen molar-refractivity contribution in [1.82, 2.24) is 5.32 Å². The Bertz CT molecular complexity index is 473. The third-order valence-corrected chi connectivity index (χ3v) is 3.83. The lowest BCUT2D eigenvalue weighted by Crippen LogP contribution is -2.43. The van der Waals surface area contributed by atoms with Gasteiger partial charge in [0, 0.05) is 12.0 Å². The predicted molar refractivity (Wildman–Crippen MR) is 72.9 cm³/mol. The molecule has 1 amide bonds. The molecule has 1 aliphatic carbocycles. The average molecular weight is 264 g/mol. The quantitative estimate of drug-likeness (QED) is 0.880. The van der Waals surface area contributed by atoms with Crippen LogP contribution in [0, 0.1) is 11.7 Å². The molecule has 0 radical (unpaired) electrons. The van der Waals surface area contributed by atoms with Crippen LogP contribution < -0.4 is 11.1 Å². The molecular formula is C15H21FN2O. The number of carbonyl (C=O) groups is 1. The Hall–Kier alpha value is -1.42. The lowest BCUT2D eigenvalue weighted by molar-refractivity contribution is -0.126. The normalized spacial score (nSPS) is 23.4. The van der Waals surface area contributed by atoms with Gasteiger partial charge in [-0.15, -0.1) is 0 Å². The van der Waals surface area contributed by atoms with E-state index in [2.05, 4.69) is 5.32 Å². The SMILES string of the molecule is CC(C)(NC(=O)C1CCC(N)C1)c1cccc(F)c1. The number of nitrogens with two attached hydrogens (primary N) is 1. The summed E-state index contributed by atoms with van der Waals surface area (Å²) >= 11 is 0. The molecule has 2 unspecified atom stereocenters. The highest BCUT2D eigenvalue weighted by Crippen LogP contribution is 2.27. The molecule has 0 heterocycles. The zero-order valence-corrected chi connectivity index (χ0v) is 11.4. The fraction of sp³-hybridized carbons (Fsp3) is 0.533. The number of nitrogens with one attached hydrogen (secondary N) is 1. The summed E-state index contributed by atoms with van der Waals surface area (Å²) in [6, 6.07) is 6.47. The van der Waals surface area contributed by atoms with Crippen LogP contribution in [0.2, 0.25) is 0 Å². The molecule has 3 N–H and O–H groups in total. The van der Waals surface area contributed by atoms with Crippen LogP contribution in [0.1, 0.15) is 38.7 Å². The predicted octanol–water partition coefficient (Wildman–Crippen LogP) is 2.30. The van der Waals surface area contributed by atoms with Gasteiger partial charge >= 0.3 is 0 Å². The Balaban J connectivity index is 2.06. The van der Waals surface area contributed by atoms with E-state index in [9.17, 15) is 9.18 Å². The third kappa shape index (κ3) is 3.32. The van der Waals surface area contributed by atoms with Gasteiger partial charge in [0.2, 0.25) is 5.91 Å². The molecule has 19 heavy (non-hydrogen) atoms. The minimum Gasteiger partial charge on any atom is -0.347 e. The van der Waals surface area contributed by atoms with E-state index in [-0.39, 0.29) is 23.7 Å². The van der Waals surface area contributed by atoms with E-state index >= 15 is 0 Å². The molecule has 1 aliphatic rings. The van der Waals surface area contributed by atoms with Crippen molar-refractivity contribution in [1.29, 1.82) is 0 Å². The number of halogens is 1. The van der Waals surface area contributed by atoms with Gasteiger partial charge < -0.3 is 11.1 Å². The first-order valence-corrected chi connectivity index (χ1v) is 6.72. The summed E-state index contributed by atoms with van der Waals surface area (Å²) in [6.07, 6.45) is 2.48. The summed E-state index contributed by atoms with van der Waals surface area (Å²) in [6.45, 7) is 3.77. The summed E-state index contributed by atoms with van der Waals surface area (Å²) in [5.41, 5.74) is 6.02. The maximum Gasteiger partial charge on any atom is 0.223 e. The molecule has 2 atom stereocenters. The van der Waals surface area contributed by atoms with Crippen molar-refractivity contribution in [3.05, 3.63) is 35.6 Å². The van der Waals surface area contributed by atoms with Gasteiger partial charge in [-0.1, -0.05) is 12.1 Å². The van der Waals surface area contributed by atoms with Gasteiger partial charge in [-0.25, -0.2) is 4.39 Å². The molecule has 3 nitrogen and oxygen atoms in total. The number of benzene rings is 1. The Kier molecular flexibility index (Phi) is 3.90. The molecule has 104 valence electrons. The van der Waals surface area contributed by atoms with E-state index in [4.69, 9.17) is 5.73 Å². The van der Waals surface area contributed by atoms with E-state index < -0.39 is 5.54 Å². The molecule has 0 aliphatic heterocycles. The van der Waals surface area contributed by atoms with E-state index in [0.29, 0.717) is 0 Å². The van der Waals surface area contributed by atoms with Crippen LogP contribution in [0.25, 0.3) is 0 Å².